The largest absolute Gasteiger partial charge is 0.372 e. The van der Waals surface area contributed by atoms with Crippen LogP contribution >= 0.6 is 11.3 Å². The molecule has 1 aliphatic rings. The lowest BCUT2D eigenvalue weighted by molar-refractivity contribution is -0.0586. The number of amides is 1. The predicted molar refractivity (Wildman–Crippen MR) is 69.7 cm³/mol. The Morgan fingerprint density at radius 1 is 1.35 bits per heavy atom. The summed E-state index contributed by atoms with van der Waals surface area (Å²) in [4.78, 5) is 15.5. The van der Waals surface area contributed by atoms with Crippen LogP contribution in [0, 0.1) is 13.8 Å². The molecule has 1 fully saturated rings. The molecule has 1 aromatic heterocycles. The van der Waals surface area contributed by atoms with Crippen LogP contribution in [0.1, 0.15) is 34.6 Å². The predicted octanol–water partition coefficient (Wildman–Crippen LogP) is 2.61. The summed E-state index contributed by atoms with van der Waals surface area (Å²) >= 11 is 1.65. The number of rotatable bonds is 1. The van der Waals surface area contributed by atoms with Crippen molar-refractivity contribution in [1.82, 2.24) is 4.90 Å². The van der Waals surface area contributed by atoms with Gasteiger partial charge >= 0.3 is 0 Å². The van der Waals surface area contributed by atoms with Gasteiger partial charge < -0.3 is 9.64 Å². The van der Waals surface area contributed by atoms with Gasteiger partial charge in [0.1, 0.15) is 0 Å². The van der Waals surface area contributed by atoms with Crippen molar-refractivity contribution < 1.29 is 9.53 Å². The summed E-state index contributed by atoms with van der Waals surface area (Å²) in [5, 5.41) is 1.97. The van der Waals surface area contributed by atoms with E-state index in [0.29, 0.717) is 13.1 Å². The topological polar surface area (TPSA) is 29.5 Å². The minimum Gasteiger partial charge on any atom is -0.372 e. The molecule has 2 rings (SSSR count). The van der Waals surface area contributed by atoms with Gasteiger partial charge in [0, 0.05) is 23.3 Å². The lowest BCUT2D eigenvalue weighted by Crippen LogP contribution is -2.48. The maximum atomic E-state index is 12.4. The van der Waals surface area contributed by atoms with Crippen LogP contribution in [0.15, 0.2) is 5.38 Å². The standard InChI is InChI=1S/C13H19NO2S/c1-8-5-14(6-9(2)16-8)13(15)12-7-17-11(4)10(12)3/h7-9H,5-6H2,1-4H3/t8-,9-/m1/s1. The smallest absolute Gasteiger partial charge is 0.255 e. The number of carbonyl (C=O) groups is 1. The number of hydrogen-bond acceptors (Lipinski definition) is 3. The zero-order valence-electron chi connectivity index (χ0n) is 10.8. The second kappa shape index (κ2) is 4.78. The Hall–Kier alpha value is -0.870. The monoisotopic (exact) mass is 253 g/mol. The van der Waals surface area contributed by atoms with Gasteiger partial charge in [-0.05, 0) is 33.3 Å². The highest BCUT2D eigenvalue weighted by molar-refractivity contribution is 7.10. The summed E-state index contributed by atoms with van der Waals surface area (Å²) in [6.07, 6.45) is 0.255. The molecule has 4 heteroatoms. The van der Waals surface area contributed by atoms with E-state index in [-0.39, 0.29) is 18.1 Å². The lowest BCUT2D eigenvalue weighted by Gasteiger charge is -2.35. The van der Waals surface area contributed by atoms with Crippen molar-refractivity contribution >= 4 is 17.2 Å². The highest BCUT2D eigenvalue weighted by Gasteiger charge is 2.27. The van der Waals surface area contributed by atoms with E-state index >= 15 is 0 Å². The molecule has 17 heavy (non-hydrogen) atoms. The molecule has 1 amide bonds. The first-order valence-electron chi connectivity index (χ1n) is 5.98. The summed E-state index contributed by atoms with van der Waals surface area (Å²) in [5.74, 6) is 0.147. The van der Waals surface area contributed by atoms with E-state index in [2.05, 4.69) is 6.92 Å². The molecule has 0 radical (unpaired) electrons. The Bertz CT molecular complexity index is 417. The normalized spacial score (nSPS) is 25.1. The fraction of sp³-hybridized carbons (Fsp3) is 0.615. The summed E-state index contributed by atoms with van der Waals surface area (Å²) < 4.78 is 5.65. The van der Waals surface area contributed by atoms with E-state index in [1.807, 2.05) is 31.1 Å². The number of nitrogens with zero attached hydrogens (tertiary/aromatic N) is 1. The number of thiophene rings is 1. The first kappa shape index (κ1) is 12.6. The zero-order chi connectivity index (χ0) is 12.6. The molecule has 0 N–H and O–H groups in total. The van der Waals surface area contributed by atoms with E-state index in [1.165, 1.54) is 4.88 Å². The van der Waals surface area contributed by atoms with Gasteiger partial charge in [-0.15, -0.1) is 11.3 Å². The van der Waals surface area contributed by atoms with Crippen LogP contribution in [0.3, 0.4) is 0 Å². The molecule has 1 aliphatic heterocycles. The Morgan fingerprint density at radius 3 is 2.41 bits per heavy atom. The molecule has 0 bridgehead atoms. The highest BCUT2D eigenvalue weighted by atomic mass is 32.1. The Labute approximate surface area is 106 Å². The lowest BCUT2D eigenvalue weighted by atomic mass is 10.1. The van der Waals surface area contributed by atoms with Crippen molar-refractivity contribution in [3.63, 3.8) is 0 Å². The number of aryl methyl sites for hydroxylation is 1. The zero-order valence-corrected chi connectivity index (χ0v) is 11.6. The SMILES string of the molecule is Cc1scc(C(=O)N2C[C@@H](C)O[C@H](C)C2)c1C. The van der Waals surface area contributed by atoms with Crippen LogP contribution in [0.4, 0.5) is 0 Å². The molecule has 1 aromatic rings. The first-order valence-corrected chi connectivity index (χ1v) is 6.86. The number of carbonyl (C=O) groups excluding carboxylic acids is 1. The summed E-state index contributed by atoms with van der Waals surface area (Å²) in [5.41, 5.74) is 1.97. The van der Waals surface area contributed by atoms with Gasteiger partial charge in [0.2, 0.25) is 0 Å². The molecule has 0 spiro atoms. The summed E-state index contributed by atoms with van der Waals surface area (Å²) in [6.45, 7) is 9.49. The molecule has 0 aliphatic carbocycles. The summed E-state index contributed by atoms with van der Waals surface area (Å²) in [7, 11) is 0. The fourth-order valence-corrected chi connectivity index (χ4v) is 3.10. The first-order chi connectivity index (χ1) is 7.99. The van der Waals surface area contributed by atoms with Crippen LogP contribution in [0.5, 0.6) is 0 Å². The average molecular weight is 253 g/mol. The van der Waals surface area contributed by atoms with Crippen LogP contribution in [-0.4, -0.2) is 36.1 Å². The molecule has 0 saturated carbocycles. The van der Waals surface area contributed by atoms with E-state index in [4.69, 9.17) is 4.74 Å². The second-order valence-electron chi connectivity index (χ2n) is 4.80. The molecule has 0 unspecified atom stereocenters. The quantitative estimate of drug-likeness (QED) is 0.770. The summed E-state index contributed by atoms with van der Waals surface area (Å²) in [6, 6.07) is 0. The van der Waals surface area contributed by atoms with E-state index in [9.17, 15) is 4.79 Å². The molecule has 2 atom stereocenters. The molecule has 2 heterocycles. The average Bonchev–Trinajstić information content (AvgIpc) is 2.57. The number of ether oxygens (including phenoxy) is 1. The fourth-order valence-electron chi connectivity index (χ4n) is 2.24. The third kappa shape index (κ3) is 2.53. The molecule has 1 saturated heterocycles. The molecule has 0 aromatic carbocycles. The van der Waals surface area contributed by atoms with Crippen molar-refractivity contribution in [3.05, 3.63) is 21.4 Å². The van der Waals surface area contributed by atoms with Crippen molar-refractivity contribution in [3.8, 4) is 0 Å². The maximum Gasteiger partial charge on any atom is 0.255 e. The van der Waals surface area contributed by atoms with Gasteiger partial charge in [-0.2, -0.15) is 0 Å². The number of hydrogen-bond donors (Lipinski definition) is 0. The number of morpholine rings is 1. The van der Waals surface area contributed by atoms with Crippen molar-refractivity contribution in [2.45, 2.75) is 39.9 Å². The maximum absolute atomic E-state index is 12.4. The Balaban J connectivity index is 2.17. The van der Waals surface area contributed by atoms with E-state index < -0.39 is 0 Å². The van der Waals surface area contributed by atoms with Crippen LogP contribution in [0.2, 0.25) is 0 Å². The van der Waals surface area contributed by atoms with Crippen molar-refractivity contribution in [2.24, 2.45) is 0 Å². The second-order valence-corrected chi connectivity index (χ2v) is 5.88. The third-order valence-electron chi connectivity index (χ3n) is 3.22. The van der Waals surface area contributed by atoms with Gasteiger partial charge in [-0.1, -0.05) is 0 Å². The van der Waals surface area contributed by atoms with Crippen LogP contribution < -0.4 is 0 Å². The van der Waals surface area contributed by atoms with Crippen LogP contribution in [0.25, 0.3) is 0 Å². The molecule has 3 nitrogen and oxygen atoms in total. The van der Waals surface area contributed by atoms with Gasteiger partial charge in [0.15, 0.2) is 0 Å². The molecular weight excluding hydrogens is 234 g/mol. The van der Waals surface area contributed by atoms with Crippen LogP contribution in [-0.2, 0) is 4.74 Å². The third-order valence-corrected chi connectivity index (χ3v) is 4.24. The van der Waals surface area contributed by atoms with Crippen molar-refractivity contribution in [1.29, 1.82) is 0 Å². The van der Waals surface area contributed by atoms with Gasteiger partial charge in [-0.25, -0.2) is 0 Å². The van der Waals surface area contributed by atoms with Gasteiger partial charge in [-0.3, -0.25) is 4.79 Å². The minimum atomic E-state index is 0.128. The van der Waals surface area contributed by atoms with E-state index in [0.717, 1.165) is 11.1 Å². The van der Waals surface area contributed by atoms with Gasteiger partial charge in [0.05, 0.1) is 17.8 Å². The van der Waals surface area contributed by atoms with Crippen molar-refractivity contribution in [2.75, 3.05) is 13.1 Å². The Morgan fingerprint density at radius 2 is 1.94 bits per heavy atom. The molecular formula is C13H19NO2S. The Kier molecular flexibility index (Phi) is 3.54. The minimum absolute atomic E-state index is 0.128. The highest BCUT2D eigenvalue weighted by Crippen LogP contribution is 2.23. The van der Waals surface area contributed by atoms with Gasteiger partial charge in [0.25, 0.3) is 5.91 Å². The molecule has 94 valence electrons. The van der Waals surface area contributed by atoms with E-state index in [1.54, 1.807) is 11.3 Å².